The summed E-state index contributed by atoms with van der Waals surface area (Å²) in [5.41, 5.74) is 1.49. The Morgan fingerprint density at radius 2 is 1.68 bits per heavy atom. The van der Waals surface area contributed by atoms with E-state index in [1.54, 1.807) is 30.5 Å². The third-order valence-electron chi connectivity index (χ3n) is 4.83. The summed E-state index contributed by atoms with van der Waals surface area (Å²) < 4.78 is 28.6. The molecule has 1 unspecified atom stereocenters. The fourth-order valence-electron chi connectivity index (χ4n) is 3.23. The molecule has 0 fully saturated rings. The lowest BCUT2D eigenvalue weighted by atomic mass is 10.1. The van der Waals surface area contributed by atoms with Crippen LogP contribution in [0.1, 0.15) is 40.9 Å². The summed E-state index contributed by atoms with van der Waals surface area (Å²) >= 11 is 11.8. The van der Waals surface area contributed by atoms with Gasteiger partial charge in [-0.1, -0.05) is 48.3 Å². The molecule has 0 aliphatic rings. The molecule has 1 atom stereocenters. The molecule has 0 amide bonds. The molecule has 0 spiro atoms. The van der Waals surface area contributed by atoms with Crippen molar-refractivity contribution in [2.75, 3.05) is 0 Å². The van der Waals surface area contributed by atoms with Crippen molar-refractivity contribution in [3.05, 3.63) is 93.7 Å². The molecular weight excluding hydrogens is 459 g/mol. The van der Waals surface area contributed by atoms with Gasteiger partial charge in [0.15, 0.2) is 0 Å². The first-order chi connectivity index (χ1) is 14.7. The van der Waals surface area contributed by atoms with E-state index in [2.05, 4.69) is 4.98 Å². The highest BCUT2D eigenvalue weighted by atomic mass is 35.5. The topological polar surface area (TPSA) is 87.6 Å². The molecule has 162 valence electrons. The van der Waals surface area contributed by atoms with Crippen molar-refractivity contribution in [2.45, 2.75) is 30.8 Å². The summed E-state index contributed by atoms with van der Waals surface area (Å²) in [7, 11) is -3.91. The first-order valence-corrected chi connectivity index (χ1v) is 11.6. The molecule has 0 radical (unpaired) electrons. The Morgan fingerprint density at radius 3 is 2.19 bits per heavy atom. The lowest BCUT2D eigenvalue weighted by molar-refractivity contribution is 0.0697. The number of nitrogens with zero attached hydrogens (tertiary/aromatic N) is 2. The normalized spacial score (nSPS) is 12.6. The van der Waals surface area contributed by atoms with E-state index in [1.807, 2.05) is 6.92 Å². The highest BCUT2D eigenvalue weighted by molar-refractivity contribution is 7.89. The molecule has 1 aromatic heterocycles. The van der Waals surface area contributed by atoms with Crippen LogP contribution >= 0.6 is 23.2 Å². The van der Waals surface area contributed by atoms with Crippen molar-refractivity contribution in [3.63, 3.8) is 0 Å². The van der Waals surface area contributed by atoms with E-state index in [0.717, 1.165) is 0 Å². The van der Waals surface area contributed by atoms with Gasteiger partial charge in [0.05, 0.1) is 16.5 Å². The molecule has 6 nitrogen and oxygen atoms in total. The van der Waals surface area contributed by atoms with E-state index in [-0.39, 0.29) is 17.0 Å². The molecule has 0 aliphatic heterocycles. The highest BCUT2D eigenvalue weighted by Crippen LogP contribution is 2.32. The number of carboxylic acids is 1. The first-order valence-electron chi connectivity index (χ1n) is 9.43. The molecular formula is C22H20Cl2N2O4S. The quantitative estimate of drug-likeness (QED) is 0.436. The number of carboxylic acid groups (broad SMARTS) is 1. The minimum Gasteiger partial charge on any atom is -0.478 e. The van der Waals surface area contributed by atoms with Crippen LogP contribution < -0.4 is 0 Å². The molecule has 0 bridgehead atoms. The molecule has 2 aromatic carbocycles. The minimum atomic E-state index is -3.91. The predicted molar refractivity (Wildman–Crippen MR) is 120 cm³/mol. The maximum absolute atomic E-state index is 13.6. The van der Waals surface area contributed by atoms with E-state index in [0.29, 0.717) is 27.7 Å². The summed E-state index contributed by atoms with van der Waals surface area (Å²) in [6, 6.07) is 15.0. The third-order valence-corrected chi connectivity index (χ3v) is 7.17. The van der Waals surface area contributed by atoms with Gasteiger partial charge in [0, 0.05) is 17.8 Å². The number of rotatable bonds is 8. The maximum Gasteiger partial charge on any atom is 0.335 e. The number of halogens is 2. The van der Waals surface area contributed by atoms with Crippen LogP contribution in [0, 0.1) is 0 Å². The van der Waals surface area contributed by atoms with Crippen LogP contribution in [0.25, 0.3) is 0 Å². The summed E-state index contributed by atoms with van der Waals surface area (Å²) in [6.45, 7) is 1.93. The minimum absolute atomic E-state index is 0.0476. The summed E-state index contributed by atoms with van der Waals surface area (Å²) in [5.74, 6) is -1.05. The van der Waals surface area contributed by atoms with Crippen LogP contribution in [0.2, 0.25) is 10.2 Å². The van der Waals surface area contributed by atoms with Crippen LogP contribution in [-0.2, 0) is 16.6 Å². The standard InChI is InChI=1S/C22H20Cl2N2O4S/c1-2-20(17-7-12-21(24)25-13-17)26(14-15-3-5-16(6-4-15)22(27)28)31(29,30)19-10-8-18(23)9-11-19/h3-13,20H,2,14H2,1H3,(H,27,28). The van der Waals surface area contributed by atoms with Crippen molar-refractivity contribution in [1.29, 1.82) is 0 Å². The zero-order chi connectivity index (χ0) is 22.6. The van der Waals surface area contributed by atoms with Crippen molar-refractivity contribution in [1.82, 2.24) is 9.29 Å². The van der Waals surface area contributed by atoms with Crippen molar-refractivity contribution in [3.8, 4) is 0 Å². The van der Waals surface area contributed by atoms with Gasteiger partial charge in [0.1, 0.15) is 5.15 Å². The molecule has 0 saturated heterocycles. The zero-order valence-electron chi connectivity index (χ0n) is 16.6. The van der Waals surface area contributed by atoms with E-state index in [9.17, 15) is 13.2 Å². The first kappa shape index (κ1) is 23.2. The average Bonchev–Trinajstić information content (AvgIpc) is 2.75. The Bertz CT molecular complexity index is 1150. The van der Waals surface area contributed by atoms with Gasteiger partial charge in [-0.05, 0) is 60.0 Å². The predicted octanol–water partition coefficient (Wildman–Crippen LogP) is 5.43. The number of hydrogen-bond donors (Lipinski definition) is 1. The maximum atomic E-state index is 13.6. The molecule has 1 N–H and O–H groups in total. The largest absolute Gasteiger partial charge is 0.478 e. The van der Waals surface area contributed by atoms with Gasteiger partial charge in [-0.15, -0.1) is 0 Å². The monoisotopic (exact) mass is 478 g/mol. The van der Waals surface area contributed by atoms with Crippen LogP contribution in [0.3, 0.4) is 0 Å². The smallest absolute Gasteiger partial charge is 0.335 e. The van der Waals surface area contributed by atoms with E-state index < -0.39 is 22.0 Å². The second kappa shape index (κ2) is 9.78. The van der Waals surface area contributed by atoms with Crippen LogP contribution in [0.15, 0.2) is 71.8 Å². The van der Waals surface area contributed by atoms with Crippen molar-refractivity contribution < 1.29 is 18.3 Å². The number of aromatic carboxylic acids is 1. The number of aromatic nitrogens is 1. The second-order valence-electron chi connectivity index (χ2n) is 6.84. The van der Waals surface area contributed by atoms with Gasteiger partial charge in [-0.2, -0.15) is 4.31 Å². The highest BCUT2D eigenvalue weighted by Gasteiger charge is 2.32. The van der Waals surface area contributed by atoms with Crippen molar-refractivity contribution >= 4 is 39.2 Å². The number of carbonyl (C=O) groups is 1. The van der Waals surface area contributed by atoms with Gasteiger partial charge < -0.3 is 5.11 Å². The molecule has 0 aliphatic carbocycles. The number of hydrogen-bond acceptors (Lipinski definition) is 4. The number of pyridine rings is 1. The summed E-state index contributed by atoms with van der Waals surface area (Å²) in [5, 5.41) is 9.87. The molecule has 9 heteroatoms. The summed E-state index contributed by atoms with van der Waals surface area (Å²) in [4.78, 5) is 15.3. The Labute approximate surface area is 191 Å². The van der Waals surface area contributed by atoms with Gasteiger partial charge >= 0.3 is 5.97 Å². The number of benzene rings is 2. The fraction of sp³-hybridized carbons (Fsp3) is 0.182. The van der Waals surface area contributed by atoms with Gasteiger partial charge in [-0.25, -0.2) is 18.2 Å². The van der Waals surface area contributed by atoms with E-state index in [4.69, 9.17) is 28.3 Å². The molecule has 31 heavy (non-hydrogen) atoms. The Morgan fingerprint density at radius 1 is 1.03 bits per heavy atom. The van der Waals surface area contributed by atoms with E-state index >= 15 is 0 Å². The molecule has 0 saturated carbocycles. The Hall–Kier alpha value is -2.45. The summed E-state index contributed by atoms with van der Waals surface area (Å²) in [6.07, 6.45) is 2.05. The lowest BCUT2D eigenvalue weighted by Gasteiger charge is -2.30. The fourth-order valence-corrected chi connectivity index (χ4v) is 5.14. The third kappa shape index (κ3) is 5.43. The lowest BCUT2D eigenvalue weighted by Crippen LogP contribution is -2.34. The molecule has 1 heterocycles. The van der Waals surface area contributed by atoms with Crippen LogP contribution in [0.5, 0.6) is 0 Å². The second-order valence-corrected chi connectivity index (χ2v) is 9.56. The average molecular weight is 479 g/mol. The SMILES string of the molecule is CCC(c1ccc(Cl)nc1)N(Cc1ccc(C(=O)O)cc1)S(=O)(=O)c1ccc(Cl)cc1. The van der Waals surface area contributed by atoms with Crippen LogP contribution in [-0.4, -0.2) is 28.8 Å². The molecule has 3 rings (SSSR count). The zero-order valence-corrected chi connectivity index (χ0v) is 18.9. The van der Waals surface area contributed by atoms with Gasteiger partial charge in [0.2, 0.25) is 10.0 Å². The Kier molecular flexibility index (Phi) is 7.33. The Balaban J connectivity index is 2.06. The van der Waals surface area contributed by atoms with Crippen molar-refractivity contribution in [2.24, 2.45) is 0 Å². The van der Waals surface area contributed by atoms with Gasteiger partial charge in [0.25, 0.3) is 0 Å². The molecule has 3 aromatic rings. The van der Waals surface area contributed by atoms with E-state index in [1.165, 1.54) is 40.7 Å². The number of sulfonamides is 1. The van der Waals surface area contributed by atoms with Crippen LogP contribution in [0.4, 0.5) is 0 Å². The van der Waals surface area contributed by atoms with Gasteiger partial charge in [-0.3, -0.25) is 0 Å².